The third kappa shape index (κ3) is 3.69. The highest BCUT2D eigenvalue weighted by molar-refractivity contribution is 5.31. The lowest BCUT2D eigenvalue weighted by atomic mass is 9.91. The fourth-order valence-corrected chi connectivity index (χ4v) is 2.93. The van der Waals surface area contributed by atoms with E-state index in [1.54, 1.807) is 7.11 Å². The van der Waals surface area contributed by atoms with Crippen LogP contribution in [0.2, 0.25) is 0 Å². The molecular formula is C16H26N2O. The Morgan fingerprint density at radius 1 is 1.37 bits per heavy atom. The van der Waals surface area contributed by atoms with Gasteiger partial charge in [0.1, 0.15) is 5.75 Å². The van der Waals surface area contributed by atoms with Gasteiger partial charge in [-0.3, -0.25) is 4.98 Å². The van der Waals surface area contributed by atoms with E-state index in [1.165, 1.54) is 19.3 Å². The van der Waals surface area contributed by atoms with Crippen LogP contribution >= 0.6 is 0 Å². The van der Waals surface area contributed by atoms with Crippen LogP contribution in [0.5, 0.6) is 5.75 Å². The number of pyridine rings is 1. The first kappa shape index (κ1) is 14.3. The molecule has 0 amide bonds. The summed E-state index contributed by atoms with van der Waals surface area (Å²) in [5.74, 6) is 2.14. The molecule has 0 aliphatic heterocycles. The monoisotopic (exact) mass is 262 g/mol. The topological polar surface area (TPSA) is 34.1 Å². The van der Waals surface area contributed by atoms with Crippen molar-refractivity contribution >= 4 is 0 Å². The van der Waals surface area contributed by atoms with Crippen molar-refractivity contribution in [2.45, 2.75) is 51.5 Å². The second kappa shape index (κ2) is 5.91. The van der Waals surface area contributed by atoms with Crippen molar-refractivity contribution < 1.29 is 4.74 Å². The molecule has 1 aliphatic rings. The Balaban J connectivity index is 2.10. The fraction of sp³-hybridized carbons (Fsp3) is 0.688. The van der Waals surface area contributed by atoms with E-state index in [2.05, 4.69) is 31.1 Å². The molecule has 2 rings (SSSR count). The van der Waals surface area contributed by atoms with E-state index in [0.717, 1.165) is 18.0 Å². The molecule has 19 heavy (non-hydrogen) atoms. The van der Waals surface area contributed by atoms with E-state index in [4.69, 9.17) is 4.74 Å². The number of ether oxygens (including phenoxy) is 1. The van der Waals surface area contributed by atoms with Gasteiger partial charge in [-0.1, -0.05) is 6.42 Å². The maximum atomic E-state index is 5.47. The number of aromatic nitrogens is 1. The minimum atomic E-state index is 0.182. The first-order valence-electron chi connectivity index (χ1n) is 7.25. The zero-order chi connectivity index (χ0) is 13.9. The molecule has 0 saturated heterocycles. The number of methoxy groups -OCH3 is 1. The Morgan fingerprint density at radius 3 is 2.84 bits per heavy atom. The Labute approximate surface area is 116 Å². The van der Waals surface area contributed by atoms with Gasteiger partial charge in [0.25, 0.3) is 0 Å². The molecule has 2 atom stereocenters. The van der Waals surface area contributed by atoms with Gasteiger partial charge in [0.05, 0.1) is 12.8 Å². The molecule has 1 saturated carbocycles. The summed E-state index contributed by atoms with van der Waals surface area (Å²) in [4.78, 5) is 4.57. The summed E-state index contributed by atoms with van der Waals surface area (Å²) in [6.07, 6.45) is 5.68. The second-order valence-electron chi connectivity index (χ2n) is 6.52. The molecule has 1 aromatic heterocycles. The van der Waals surface area contributed by atoms with Crippen LogP contribution < -0.4 is 10.1 Å². The standard InChI is InChI=1S/C16H26N2O/c1-16(2,3)18-11-12-7-5-8-13(12)15-14(19-4)9-6-10-17-15/h6,9-10,12-13,18H,5,7-8,11H2,1-4H3. The van der Waals surface area contributed by atoms with Crippen LogP contribution in [0.4, 0.5) is 0 Å². The van der Waals surface area contributed by atoms with Crippen LogP contribution in [-0.2, 0) is 0 Å². The summed E-state index contributed by atoms with van der Waals surface area (Å²) < 4.78 is 5.47. The van der Waals surface area contributed by atoms with E-state index in [9.17, 15) is 0 Å². The largest absolute Gasteiger partial charge is 0.495 e. The van der Waals surface area contributed by atoms with E-state index in [0.29, 0.717) is 11.8 Å². The predicted octanol–water partition coefficient (Wildman–Crippen LogP) is 3.36. The highest BCUT2D eigenvalue weighted by Crippen LogP contribution is 2.41. The van der Waals surface area contributed by atoms with Crippen molar-refractivity contribution in [1.29, 1.82) is 0 Å². The zero-order valence-corrected chi connectivity index (χ0v) is 12.6. The van der Waals surface area contributed by atoms with Gasteiger partial charge in [0.15, 0.2) is 0 Å². The predicted molar refractivity (Wildman–Crippen MR) is 78.6 cm³/mol. The number of hydrogen-bond acceptors (Lipinski definition) is 3. The molecule has 1 heterocycles. The summed E-state index contributed by atoms with van der Waals surface area (Å²) in [6, 6.07) is 3.97. The summed E-state index contributed by atoms with van der Waals surface area (Å²) in [7, 11) is 1.73. The Kier molecular flexibility index (Phi) is 4.46. The van der Waals surface area contributed by atoms with Crippen LogP contribution in [-0.4, -0.2) is 24.2 Å². The summed E-state index contributed by atoms with van der Waals surface area (Å²) in [5, 5.41) is 3.63. The molecule has 0 bridgehead atoms. The molecule has 1 N–H and O–H groups in total. The molecule has 2 unspecified atom stereocenters. The highest BCUT2D eigenvalue weighted by Gasteiger charge is 2.32. The number of rotatable bonds is 4. The normalized spacial score (nSPS) is 23.6. The van der Waals surface area contributed by atoms with Crippen molar-refractivity contribution in [2.24, 2.45) is 5.92 Å². The van der Waals surface area contributed by atoms with Crippen molar-refractivity contribution in [2.75, 3.05) is 13.7 Å². The van der Waals surface area contributed by atoms with Gasteiger partial charge in [-0.25, -0.2) is 0 Å². The Bertz CT molecular complexity index is 411. The molecule has 0 spiro atoms. The maximum Gasteiger partial charge on any atom is 0.140 e. The minimum absolute atomic E-state index is 0.182. The Hall–Kier alpha value is -1.09. The zero-order valence-electron chi connectivity index (χ0n) is 12.6. The van der Waals surface area contributed by atoms with Gasteiger partial charge >= 0.3 is 0 Å². The molecule has 1 aliphatic carbocycles. The molecule has 3 heteroatoms. The second-order valence-corrected chi connectivity index (χ2v) is 6.52. The van der Waals surface area contributed by atoms with Gasteiger partial charge < -0.3 is 10.1 Å². The fourth-order valence-electron chi connectivity index (χ4n) is 2.93. The van der Waals surface area contributed by atoms with E-state index in [1.807, 2.05) is 18.3 Å². The smallest absolute Gasteiger partial charge is 0.140 e. The summed E-state index contributed by atoms with van der Waals surface area (Å²) in [6.45, 7) is 7.73. The molecule has 0 aromatic carbocycles. The van der Waals surface area contributed by atoms with Gasteiger partial charge in [0, 0.05) is 17.7 Å². The van der Waals surface area contributed by atoms with Crippen LogP contribution in [0.3, 0.4) is 0 Å². The summed E-state index contributed by atoms with van der Waals surface area (Å²) >= 11 is 0. The maximum absolute atomic E-state index is 5.47. The summed E-state index contributed by atoms with van der Waals surface area (Å²) in [5.41, 5.74) is 1.32. The molecule has 3 nitrogen and oxygen atoms in total. The molecule has 1 aromatic rings. The van der Waals surface area contributed by atoms with Crippen molar-refractivity contribution in [3.05, 3.63) is 24.0 Å². The molecule has 1 fully saturated rings. The van der Waals surface area contributed by atoms with Gasteiger partial charge in [-0.15, -0.1) is 0 Å². The average Bonchev–Trinajstić information content (AvgIpc) is 2.83. The van der Waals surface area contributed by atoms with Crippen LogP contribution in [0.25, 0.3) is 0 Å². The lowest BCUT2D eigenvalue weighted by molar-refractivity contribution is 0.345. The van der Waals surface area contributed by atoms with Crippen LogP contribution in [0, 0.1) is 5.92 Å². The minimum Gasteiger partial charge on any atom is -0.495 e. The number of nitrogens with one attached hydrogen (secondary N) is 1. The van der Waals surface area contributed by atoms with E-state index >= 15 is 0 Å². The first-order valence-corrected chi connectivity index (χ1v) is 7.25. The third-order valence-electron chi connectivity index (χ3n) is 3.92. The van der Waals surface area contributed by atoms with Crippen LogP contribution in [0.15, 0.2) is 18.3 Å². The van der Waals surface area contributed by atoms with E-state index in [-0.39, 0.29) is 5.54 Å². The lowest BCUT2D eigenvalue weighted by Crippen LogP contribution is -2.39. The average molecular weight is 262 g/mol. The third-order valence-corrected chi connectivity index (χ3v) is 3.92. The lowest BCUT2D eigenvalue weighted by Gasteiger charge is -2.26. The molecular weight excluding hydrogens is 236 g/mol. The quantitative estimate of drug-likeness (QED) is 0.903. The number of hydrogen-bond donors (Lipinski definition) is 1. The van der Waals surface area contributed by atoms with Crippen molar-refractivity contribution in [1.82, 2.24) is 10.3 Å². The van der Waals surface area contributed by atoms with Crippen molar-refractivity contribution in [3.63, 3.8) is 0 Å². The van der Waals surface area contributed by atoms with Crippen LogP contribution in [0.1, 0.15) is 51.6 Å². The van der Waals surface area contributed by atoms with Gasteiger partial charge in [0.2, 0.25) is 0 Å². The van der Waals surface area contributed by atoms with Crippen molar-refractivity contribution in [3.8, 4) is 5.75 Å². The van der Waals surface area contributed by atoms with E-state index < -0.39 is 0 Å². The van der Waals surface area contributed by atoms with Gasteiger partial charge in [-0.05, 0) is 58.2 Å². The Morgan fingerprint density at radius 2 is 2.16 bits per heavy atom. The first-order chi connectivity index (χ1) is 9.01. The SMILES string of the molecule is COc1cccnc1C1CCCC1CNC(C)(C)C. The number of nitrogens with zero attached hydrogens (tertiary/aromatic N) is 1. The highest BCUT2D eigenvalue weighted by atomic mass is 16.5. The molecule has 0 radical (unpaired) electrons. The van der Waals surface area contributed by atoms with Gasteiger partial charge in [-0.2, -0.15) is 0 Å². The molecule has 106 valence electrons.